The van der Waals surface area contributed by atoms with Gasteiger partial charge in [0.25, 0.3) is 0 Å². The zero-order valence-electron chi connectivity index (χ0n) is 14.3. The van der Waals surface area contributed by atoms with Gasteiger partial charge in [0.1, 0.15) is 6.04 Å². The third-order valence-electron chi connectivity index (χ3n) is 4.09. The van der Waals surface area contributed by atoms with Crippen molar-refractivity contribution in [3.05, 3.63) is 70.8 Å². The molecule has 2 aromatic carbocycles. The van der Waals surface area contributed by atoms with Crippen molar-refractivity contribution in [3.8, 4) is 0 Å². The lowest BCUT2D eigenvalue weighted by Gasteiger charge is -2.19. The summed E-state index contributed by atoms with van der Waals surface area (Å²) in [4.78, 5) is 12.7. The van der Waals surface area contributed by atoms with Crippen molar-refractivity contribution in [2.45, 2.75) is 32.7 Å². The summed E-state index contributed by atoms with van der Waals surface area (Å²) in [6.07, 6.45) is 1.16. The van der Waals surface area contributed by atoms with E-state index in [1.165, 1.54) is 23.8 Å². The summed E-state index contributed by atoms with van der Waals surface area (Å²) in [6.45, 7) is 4.15. The van der Waals surface area contributed by atoms with Gasteiger partial charge in [-0.3, -0.25) is 0 Å². The van der Waals surface area contributed by atoms with Crippen molar-refractivity contribution < 1.29 is 9.53 Å². The van der Waals surface area contributed by atoms with E-state index >= 15 is 0 Å². The van der Waals surface area contributed by atoms with Crippen molar-refractivity contribution in [1.29, 1.82) is 0 Å². The second-order valence-corrected chi connectivity index (χ2v) is 6.37. The first-order chi connectivity index (χ1) is 11.5. The molecular weight excluding hydrogens is 318 g/mol. The second-order valence-electron chi connectivity index (χ2n) is 5.88. The van der Waals surface area contributed by atoms with Crippen LogP contribution in [0.5, 0.6) is 0 Å². The lowest BCUT2D eigenvalue weighted by Crippen LogP contribution is -2.43. The highest BCUT2D eigenvalue weighted by Crippen LogP contribution is 2.14. The molecule has 2 rings (SSSR count). The van der Waals surface area contributed by atoms with Gasteiger partial charge in [0, 0.05) is 12.8 Å². The van der Waals surface area contributed by atoms with E-state index in [4.69, 9.17) is 17.0 Å². The SMILES string of the molecule is COC(=O)[C@H](Cc1ccccc1)NC(=S)Cc1c(C)cccc1C. The molecule has 0 saturated carbocycles. The molecule has 0 heterocycles. The van der Waals surface area contributed by atoms with Crippen LogP contribution < -0.4 is 5.32 Å². The van der Waals surface area contributed by atoms with Gasteiger partial charge in [-0.15, -0.1) is 0 Å². The third kappa shape index (κ3) is 4.90. The highest BCUT2D eigenvalue weighted by Gasteiger charge is 2.21. The van der Waals surface area contributed by atoms with Crippen molar-refractivity contribution in [2.75, 3.05) is 7.11 Å². The molecule has 24 heavy (non-hydrogen) atoms. The average molecular weight is 341 g/mol. The van der Waals surface area contributed by atoms with Crippen LogP contribution in [0.2, 0.25) is 0 Å². The van der Waals surface area contributed by atoms with E-state index in [1.54, 1.807) is 0 Å². The normalized spacial score (nSPS) is 11.6. The summed E-state index contributed by atoms with van der Waals surface area (Å²) in [5.74, 6) is -0.303. The lowest BCUT2D eigenvalue weighted by atomic mass is 9.99. The number of nitrogens with one attached hydrogen (secondary N) is 1. The van der Waals surface area contributed by atoms with Crippen LogP contribution in [0.25, 0.3) is 0 Å². The maximum atomic E-state index is 12.1. The number of hydrogen-bond acceptors (Lipinski definition) is 3. The fourth-order valence-corrected chi connectivity index (χ4v) is 3.01. The van der Waals surface area contributed by atoms with E-state index in [9.17, 15) is 4.79 Å². The van der Waals surface area contributed by atoms with E-state index < -0.39 is 6.04 Å². The predicted molar refractivity (Wildman–Crippen MR) is 101 cm³/mol. The van der Waals surface area contributed by atoms with Crippen LogP contribution in [0.4, 0.5) is 0 Å². The number of methoxy groups -OCH3 is 1. The number of thiocarbonyl (C=S) groups is 1. The molecular formula is C20H23NO2S. The minimum absolute atomic E-state index is 0.303. The molecule has 0 aliphatic carbocycles. The minimum Gasteiger partial charge on any atom is -0.467 e. The van der Waals surface area contributed by atoms with Crippen LogP contribution in [-0.2, 0) is 22.4 Å². The molecule has 126 valence electrons. The minimum atomic E-state index is -0.478. The molecule has 0 saturated heterocycles. The highest BCUT2D eigenvalue weighted by molar-refractivity contribution is 7.80. The predicted octanol–water partition coefficient (Wildman–Crippen LogP) is 3.55. The Labute approximate surface area is 149 Å². The van der Waals surface area contributed by atoms with Crippen LogP contribution in [-0.4, -0.2) is 24.1 Å². The first-order valence-electron chi connectivity index (χ1n) is 7.97. The Balaban J connectivity index is 2.08. The fraction of sp³-hybridized carbons (Fsp3) is 0.300. The van der Waals surface area contributed by atoms with Gasteiger partial charge in [-0.25, -0.2) is 4.79 Å². The summed E-state index contributed by atoms with van der Waals surface area (Å²) in [6, 6.07) is 15.6. The first-order valence-corrected chi connectivity index (χ1v) is 8.38. The molecule has 2 aromatic rings. The zero-order valence-corrected chi connectivity index (χ0v) is 15.2. The standard InChI is InChI=1S/C20H23NO2S/c1-14-8-7-9-15(2)17(14)13-19(24)21-18(20(22)23-3)12-16-10-5-4-6-11-16/h4-11,18H,12-13H2,1-3H3,(H,21,24)/t18-/m0/s1. The van der Waals surface area contributed by atoms with Gasteiger partial charge in [0.05, 0.1) is 12.1 Å². The van der Waals surface area contributed by atoms with Crippen LogP contribution in [0, 0.1) is 13.8 Å². The number of benzene rings is 2. The van der Waals surface area contributed by atoms with E-state index in [-0.39, 0.29) is 5.97 Å². The number of carbonyl (C=O) groups is 1. The molecule has 0 aliphatic rings. The van der Waals surface area contributed by atoms with Gasteiger partial charge in [-0.1, -0.05) is 60.7 Å². The largest absolute Gasteiger partial charge is 0.467 e. The van der Waals surface area contributed by atoms with Crippen molar-refractivity contribution in [2.24, 2.45) is 0 Å². The average Bonchev–Trinajstić information content (AvgIpc) is 2.58. The van der Waals surface area contributed by atoms with Gasteiger partial charge in [-0.2, -0.15) is 0 Å². The molecule has 0 fully saturated rings. The summed E-state index contributed by atoms with van der Waals surface area (Å²) in [5, 5.41) is 3.18. The molecule has 0 spiro atoms. The second kappa shape index (κ2) is 8.60. The van der Waals surface area contributed by atoms with Crippen molar-refractivity contribution >= 4 is 23.2 Å². The van der Waals surface area contributed by atoms with Crippen molar-refractivity contribution in [1.82, 2.24) is 5.32 Å². The lowest BCUT2D eigenvalue weighted by molar-refractivity contribution is -0.142. The Morgan fingerprint density at radius 3 is 2.29 bits per heavy atom. The number of carbonyl (C=O) groups excluding carboxylic acids is 1. The molecule has 1 atom stereocenters. The Morgan fingerprint density at radius 1 is 1.08 bits per heavy atom. The smallest absolute Gasteiger partial charge is 0.328 e. The zero-order chi connectivity index (χ0) is 17.5. The molecule has 0 aliphatic heterocycles. The Bertz CT molecular complexity index is 693. The Hall–Kier alpha value is -2.20. The maximum Gasteiger partial charge on any atom is 0.328 e. The Morgan fingerprint density at radius 2 is 1.71 bits per heavy atom. The summed E-state index contributed by atoms with van der Waals surface area (Å²) >= 11 is 5.50. The molecule has 4 heteroatoms. The van der Waals surface area contributed by atoms with Crippen LogP contribution >= 0.6 is 12.2 Å². The van der Waals surface area contributed by atoms with Gasteiger partial charge in [0.2, 0.25) is 0 Å². The number of rotatable bonds is 6. The van der Waals surface area contributed by atoms with Gasteiger partial charge in [0.15, 0.2) is 0 Å². The van der Waals surface area contributed by atoms with Crippen LogP contribution in [0.3, 0.4) is 0 Å². The molecule has 0 bridgehead atoms. The van der Waals surface area contributed by atoms with Crippen molar-refractivity contribution in [3.63, 3.8) is 0 Å². The maximum absolute atomic E-state index is 12.1. The van der Waals surface area contributed by atoms with E-state index in [0.29, 0.717) is 17.8 Å². The number of hydrogen-bond donors (Lipinski definition) is 1. The topological polar surface area (TPSA) is 38.3 Å². The number of ether oxygens (including phenoxy) is 1. The first kappa shape index (κ1) is 18.1. The highest BCUT2D eigenvalue weighted by atomic mass is 32.1. The van der Waals surface area contributed by atoms with Gasteiger partial charge < -0.3 is 10.1 Å². The Kier molecular flexibility index (Phi) is 6.50. The monoisotopic (exact) mass is 341 g/mol. The molecule has 3 nitrogen and oxygen atoms in total. The fourth-order valence-electron chi connectivity index (χ4n) is 2.72. The summed E-state index contributed by atoms with van der Waals surface area (Å²) in [5.41, 5.74) is 4.68. The third-order valence-corrected chi connectivity index (χ3v) is 4.35. The number of esters is 1. The molecule has 0 unspecified atom stereocenters. The van der Waals surface area contributed by atoms with Crippen LogP contribution in [0.15, 0.2) is 48.5 Å². The number of aryl methyl sites for hydroxylation is 2. The summed E-state index contributed by atoms with van der Waals surface area (Å²) < 4.78 is 4.92. The molecule has 0 amide bonds. The summed E-state index contributed by atoms with van der Waals surface area (Å²) in [7, 11) is 1.40. The van der Waals surface area contributed by atoms with E-state index in [0.717, 1.165) is 5.56 Å². The molecule has 0 radical (unpaired) electrons. The van der Waals surface area contributed by atoms with E-state index in [2.05, 4.69) is 31.3 Å². The van der Waals surface area contributed by atoms with Crippen LogP contribution in [0.1, 0.15) is 22.3 Å². The molecule has 1 N–H and O–H groups in total. The van der Waals surface area contributed by atoms with Gasteiger partial charge >= 0.3 is 5.97 Å². The van der Waals surface area contributed by atoms with E-state index in [1.807, 2.05) is 36.4 Å². The quantitative estimate of drug-likeness (QED) is 0.644. The molecule has 0 aromatic heterocycles. The van der Waals surface area contributed by atoms with Gasteiger partial charge in [-0.05, 0) is 36.1 Å².